The molecular weight excluding hydrogens is 404 g/mol. The molecule has 1 amide bonds. The number of carbonyl (C=O) groups excluding carboxylic acids is 1. The summed E-state index contributed by atoms with van der Waals surface area (Å²) in [6, 6.07) is 12.0. The van der Waals surface area contributed by atoms with Gasteiger partial charge in [-0.1, -0.05) is 25.1 Å². The molecule has 0 radical (unpaired) electrons. The molecule has 2 aromatic rings. The van der Waals surface area contributed by atoms with Crippen LogP contribution in [0.4, 0.5) is 0 Å². The third-order valence-electron chi connectivity index (χ3n) is 4.70. The number of sulfonamides is 1. The Morgan fingerprint density at radius 2 is 1.70 bits per heavy atom. The van der Waals surface area contributed by atoms with Crippen molar-refractivity contribution < 1.29 is 22.7 Å². The highest BCUT2D eigenvalue weighted by molar-refractivity contribution is 7.89. The fourth-order valence-corrected chi connectivity index (χ4v) is 4.07. The minimum absolute atomic E-state index is 0.0846. The molecule has 2 rings (SSSR count). The summed E-state index contributed by atoms with van der Waals surface area (Å²) in [5.41, 5.74) is 1.81. The van der Waals surface area contributed by atoms with Gasteiger partial charge in [0.25, 0.3) is 0 Å². The quantitative estimate of drug-likeness (QED) is 0.566. The summed E-state index contributed by atoms with van der Waals surface area (Å²) < 4.78 is 37.3. The van der Waals surface area contributed by atoms with E-state index in [1.807, 2.05) is 32.0 Å². The summed E-state index contributed by atoms with van der Waals surface area (Å²) in [5, 5.41) is 2.97. The fraction of sp³-hybridized carbons (Fsp3) is 0.409. The first kappa shape index (κ1) is 23.7. The lowest BCUT2D eigenvalue weighted by molar-refractivity contribution is -0.121. The highest BCUT2D eigenvalue weighted by Crippen LogP contribution is 2.29. The van der Waals surface area contributed by atoms with Crippen molar-refractivity contribution in [1.82, 2.24) is 10.0 Å². The first-order chi connectivity index (χ1) is 14.3. The first-order valence-corrected chi connectivity index (χ1v) is 11.4. The van der Waals surface area contributed by atoms with Gasteiger partial charge in [0.2, 0.25) is 15.9 Å². The predicted octanol–water partition coefficient (Wildman–Crippen LogP) is 3.20. The van der Waals surface area contributed by atoms with Crippen molar-refractivity contribution >= 4 is 15.9 Å². The third-order valence-corrected chi connectivity index (χ3v) is 6.18. The summed E-state index contributed by atoms with van der Waals surface area (Å²) in [5.74, 6) is 1.16. The van der Waals surface area contributed by atoms with Crippen molar-refractivity contribution in [3.63, 3.8) is 0 Å². The van der Waals surface area contributed by atoms with Crippen LogP contribution in [0.1, 0.15) is 43.9 Å². The number of carbonyl (C=O) groups is 1. The molecule has 2 N–H and O–H groups in total. The Hall–Kier alpha value is -2.58. The highest BCUT2D eigenvalue weighted by Gasteiger charge is 2.14. The van der Waals surface area contributed by atoms with Crippen molar-refractivity contribution in [1.29, 1.82) is 0 Å². The molecular formula is C22H30N2O5S. The number of ether oxygens (including phenoxy) is 2. The number of hydrogen-bond donors (Lipinski definition) is 2. The van der Waals surface area contributed by atoms with Gasteiger partial charge in [-0.05, 0) is 55.2 Å². The van der Waals surface area contributed by atoms with Crippen molar-refractivity contribution in [2.24, 2.45) is 0 Å². The Balaban J connectivity index is 1.91. The van der Waals surface area contributed by atoms with Crippen molar-refractivity contribution in [2.45, 2.75) is 44.0 Å². The Labute approximate surface area is 178 Å². The van der Waals surface area contributed by atoms with E-state index < -0.39 is 10.0 Å². The smallest absolute Gasteiger partial charge is 0.240 e. The maximum Gasteiger partial charge on any atom is 0.240 e. The van der Waals surface area contributed by atoms with Crippen molar-refractivity contribution in [3.05, 3.63) is 53.6 Å². The molecule has 0 bridgehead atoms. The second-order valence-corrected chi connectivity index (χ2v) is 8.71. The third kappa shape index (κ3) is 6.47. The molecule has 0 unspecified atom stereocenters. The van der Waals surface area contributed by atoms with E-state index in [0.29, 0.717) is 30.9 Å². The van der Waals surface area contributed by atoms with Crippen LogP contribution in [0.15, 0.2) is 47.4 Å². The Kier molecular flexibility index (Phi) is 8.68. The van der Waals surface area contributed by atoms with E-state index in [2.05, 4.69) is 10.0 Å². The van der Waals surface area contributed by atoms with Crippen LogP contribution >= 0.6 is 0 Å². The van der Waals surface area contributed by atoms with Gasteiger partial charge in [0.1, 0.15) is 0 Å². The molecule has 0 fully saturated rings. The van der Waals surface area contributed by atoms with Crippen LogP contribution in [0.25, 0.3) is 0 Å². The van der Waals surface area contributed by atoms with Crippen LogP contribution < -0.4 is 19.5 Å². The molecule has 7 nitrogen and oxygen atoms in total. The molecule has 2 aromatic carbocycles. The Bertz CT molecular complexity index is 943. The van der Waals surface area contributed by atoms with Gasteiger partial charge in [0.15, 0.2) is 11.5 Å². The van der Waals surface area contributed by atoms with Crippen LogP contribution in [0.5, 0.6) is 11.5 Å². The lowest BCUT2D eigenvalue weighted by Crippen LogP contribution is -2.26. The van der Waals surface area contributed by atoms with Crippen molar-refractivity contribution in [3.8, 4) is 11.5 Å². The maximum absolute atomic E-state index is 12.3. The molecule has 0 aromatic heterocycles. The van der Waals surface area contributed by atoms with E-state index in [0.717, 1.165) is 17.5 Å². The molecule has 0 heterocycles. The Morgan fingerprint density at radius 1 is 1.03 bits per heavy atom. The number of nitrogens with one attached hydrogen (secondary N) is 2. The van der Waals surface area contributed by atoms with Gasteiger partial charge in [-0.15, -0.1) is 0 Å². The van der Waals surface area contributed by atoms with E-state index in [1.54, 1.807) is 38.5 Å². The zero-order valence-corrected chi connectivity index (χ0v) is 18.7. The summed E-state index contributed by atoms with van der Waals surface area (Å²) >= 11 is 0. The normalized spacial score (nSPS) is 12.3. The predicted molar refractivity (Wildman–Crippen MR) is 116 cm³/mol. The second-order valence-electron chi connectivity index (χ2n) is 6.95. The fourth-order valence-electron chi connectivity index (χ4n) is 2.93. The second kappa shape index (κ2) is 11.0. The standard InChI is InChI=1S/C22H30N2O5S/c1-5-14-23-30(26,27)19-10-6-17(7-11-19)8-13-22(25)24-16(2)18-9-12-20(28-3)21(15-18)29-4/h6-7,9-12,15-16,23H,5,8,13-14H2,1-4H3,(H,24,25)/t16-/m1/s1. The molecule has 0 saturated heterocycles. The van der Waals surface area contributed by atoms with Gasteiger partial charge in [0, 0.05) is 13.0 Å². The number of aryl methyl sites for hydroxylation is 1. The van der Waals surface area contributed by atoms with Crippen LogP contribution in [0.2, 0.25) is 0 Å². The van der Waals surface area contributed by atoms with Gasteiger partial charge in [0.05, 0.1) is 25.2 Å². The molecule has 0 saturated carbocycles. The molecule has 0 aliphatic carbocycles. The molecule has 1 atom stereocenters. The monoisotopic (exact) mass is 434 g/mol. The largest absolute Gasteiger partial charge is 0.493 e. The van der Waals surface area contributed by atoms with Crippen LogP contribution in [-0.2, 0) is 21.2 Å². The zero-order valence-electron chi connectivity index (χ0n) is 17.9. The summed E-state index contributed by atoms with van der Waals surface area (Å²) in [7, 11) is -0.330. The maximum atomic E-state index is 12.3. The number of benzene rings is 2. The number of rotatable bonds is 11. The van der Waals surface area contributed by atoms with Gasteiger partial charge < -0.3 is 14.8 Å². The number of hydrogen-bond acceptors (Lipinski definition) is 5. The first-order valence-electron chi connectivity index (χ1n) is 9.90. The van der Waals surface area contributed by atoms with E-state index in [9.17, 15) is 13.2 Å². The van der Waals surface area contributed by atoms with Crippen molar-refractivity contribution in [2.75, 3.05) is 20.8 Å². The molecule has 30 heavy (non-hydrogen) atoms. The van der Waals surface area contributed by atoms with Gasteiger partial charge in [-0.25, -0.2) is 13.1 Å². The summed E-state index contributed by atoms with van der Waals surface area (Å²) in [6.07, 6.45) is 1.55. The minimum Gasteiger partial charge on any atom is -0.493 e. The average Bonchev–Trinajstić information content (AvgIpc) is 2.76. The van der Waals surface area contributed by atoms with Crippen LogP contribution in [0, 0.1) is 0 Å². The van der Waals surface area contributed by atoms with Gasteiger partial charge in [-0.2, -0.15) is 0 Å². The van der Waals surface area contributed by atoms with E-state index in [4.69, 9.17) is 9.47 Å². The molecule has 164 valence electrons. The van der Waals surface area contributed by atoms with Gasteiger partial charge >= 0.3 is 0 Å². The molecule has 0 aliphatic heterocycles. The van der Waals surface area contributed by atoms with E-state index in [1.165, 1.54) is 0 Å². The van der Waals surface area contributed by atoms with E-state index >= 15 is 0 Å². The molecule has 0 spiro atoms. The average molecular weight is 435 g/mol. The highest BCUT2D eigenvalue weighted by atomic mass is 32.2. The summed E-state index contributed by atoms with van der Waals surface area (Å²) in [6.45, 7) is 4.22. The van der Waals surface area contributed by atoms with E-state index in [-0.39, 0.29) is 16.8 Å². The van der Waals surface area contributed by atoms with Gasteiger partial charge in [-0.3, -0.25) is 4.79 Å². The summed E-state index contributed by atoms with van der Waals surface area (Å²) in [4.78, 5) is 12.6. The molecule has 0 aliphatic rings. The zero-order chi connectivity index (χ0) is 22.1. The number of amides is 1. The topological polar surface area (TPSA) is 93.7 Å². The number of methoxy groups -OCH3 is 2. The van der Waals surface area contributed by atoms with Crippen LogP contribution in [0.3, 0.4) is 0 Å². The molecule has 8 heteroatoms. The SMILES string of the molecule is CCCNS(=O)(=O)c1ccc(CCC(=O)N[C@H](C)c2ccc(OC)c(OC)c2)cc1. The Morgan fingerprint density at radius 3 is 2.30 bits per heavy atom. The lowest BCUT2D eigenvalue weighted by atomic mass is 10.1. The lowest BCUT2D eigenvalue weighted by Gasteiger charge is -2.16. The van der Waals surface area contributed by atoms with Crippen LogP contribution in [-0.4, -0.2) is 35.1 Å². The minimum atomic E-state index is -3.48.